The number of sulfonamides is 1. The van der Waals surface area contributed by atoms with Crippen molar-refractivity contribution in [3.8, 4) is 0 Å². The van der Waals surface area contributed by atoms with Crippen LogP contribution in [0.4, 0.5) is 5.69 Å². The zero-order valence-electron chi connectivity index (χ0n) is 6.80. The van der Waals surface area contributed by atoms with Crippen molar-refractivity contribution in [1.82, 2.24) is 4.98 Å². The highest BCUT2D eigenvalue weighted by Gasteiger charge is 2.23. The predicted molar refractivity (Wildman–Crippen MR) is 55.1 cm³/mol. The molecule has 1 aliphatic heterocycles. The predicted octanol–water partition coefficient (Wildman–Crippen LogP) is -0.343. The maximum absolute atomic E-state index is 11.4. The summed E-state index contributed by atoms with van der Waals surface area (Å²) in [6, 6.07) is 1.55. The summed E-state index contributed by atoms with van der Waals surface area (Å²) in [5, 5.41) is 2.78. The Morgan fingerprint density at radius 3 is 2.86 bits per heavy atom. The van der Waals surface area contributed by atoms with Gasteiger partial charge in [0.15, 0.2) is 5.17 Å². The summed E-state index contributed by atoms with van der Waals surface area (Å²) >= 11 is 3.84. The molecule has 0 amide bonds. The Morgan fingerprint density at radius 2 is 2.14 bits per heavy atom. The van der Waals surface area contributed by atoms with Gasteiger partial charge in [-0.2, -0.15) is 8.42 Å². The molecule has 0 bridgehead atoms. The number of rotatable bonds is 0. The maximum Gasteiger partial charge on any atom is 0.288 e. The minimum absolute atomic E-state index is 0. The number of pyridine rings is 1. The Morgan fingerprint density at radius 1 is 1.43 bits per heavy atom. The molecule has 0 spiro atoms. The van der Waals surface area contributed by atoms with Gasteiger partial charge in [-0.25, -0.2) is 0 Å². The number of nitrogens with one attached hydrogen (secondary N) is 1. The number of nitrogens with zero attached hydrogens (tertiary/aromatic N) is 2. The molecule has 6 nitrogen and oxygen atoms in total. The van der Waals surface area contributed by atoms with E-state index in [1.807, 2.05) is 0 Å². The standard InChI is InChI=1S/C6H5N3O2S2.H2O/c10-13(11)5-3-7-2-1-4(5)8-6(12)9-13;/h1-3H,(H2,8,9,12);1H2. The van der Waals surface area contributed by atoms with Gasteiger partial charge in [-0.1, -0.05) is 0 Å². The van der Waals surface area contributed by atoms with Crippen LogP contribution in [0.3, 0.4) is 0 Å². The Balaban J connectivity index is 0.000000980. The van der Waals surface area contributed by atoms with Gasteiger partial charge in [-0.15, -0.1) is 17.0 Å². The van der Waals surface area contributed by atoms with Gasteiger partial charge in [0.1, 0.15) is 4.90 Å². The molecular weight excluding hydrogens is 226 g/mol. The van der Waals surface area contributed by atoms with Crippen molar-refractivity contribution in [2.75, 3.05) is 5.32 Å². The van der Waals surface area contributed by atoms with Gasteiger partial charge in [0.25, 0.3) is 10.0 Å². The Labute approximate surface area is 85.9 Å². The maximum atomic E-state index is 11.4. The second-order valence-electron chi connectivity index (χ2n) is 2.39. The average molecular weight is 233 g/mol. The van der Waals surface area contributed by atoms with Gasteiger partial charge < -0.3 is 10.8 Å². The Kier molecular flexibility index (Phi) is 2.79. The van der Waals surface area contributed by atoms with E-state index >= 15 is 0 Å². The van der Waals surface area contributed by atoms with Crippen molar-refractivity contribution in [3.05, 3.63) is 18.5 Å². The molecule has 0 aliphatic carbocycles. The number of amidine groups is 1. The van der Waals surface area contributed by atoms with Gasteiger partial charge in [0.05, 0.1) is 5.69 Å². The lowest BCUT2D eigenvalue weighted by Gasteiger charge is -2.13. The third-order valence-corrected chi connectivity index (χ3v) is 3.17. The molecule has 0 aromatic carbocycles. The van der Waals surface area contributed by atoms with E-state index in [1.165, 1.54) is 12.4 Å². The summed E-state index contributed by atoms with van der Waals surface area (Å²) in [5.74, 6) is 0. The highest BCUT2D eigenvalue weighted by Crippen LogP contribution is 2.25. The van der Waals surface area contributed by atoms with Gasteiger partial charge in [0.2, 0.25) is 0 Å². The second-order valence-corrected chi connectivity index (χ2v) is 4.38. The Hall–Kier alpha value is -1.12. The van der Waals surface area contributed by atoms with Crippen LogP contribution in [0.1, 0.15) is 0 Å². The number of hydrogen-bond donors (Lipinski definition) is 2. The van der Waals surface area contributed by atoms with Crippen LogP contribution in [0.15, 0.2) is 27.8 Å². The van der Waals surface area contributed by atoms with Gasteiger partial charge >= 0.3 is 0 Å². The fourth-order valence-electron chi connectivity index (χ4n) is 0.995. The molecule has 0 saturated heterocycles. The van der Waals surface area contributed by atoms with E-state index in [9.17, 15) is 8.42 Å². The number of hydrogen-bond acceptors (Lipinski definition) is 4. The van der Waals surface area contributed by atoms with Crippen molar-refractivity contribution in [1.29, 1.82) is 0 Å². The molecule has 0 saturated carbocycles. The third-order valence-electron chi connectivity index (χ3n) is 1.52. The topological polar surface area (TPSA) is 103 Å². The molecular formula is C6H7N3O3S2. The minimum Gasteiger partial charge on any atom is -0.412 e. The van der Waals surface area contributed by atoms with Crippen LogP contribution in [0, 0.1) is 0 Å². The molecule has 2 rings (SSSR count). The van der Waals surface area contributed by atoms with Crippen LogP contribution >= 0.6 is 12.6 Å². The highest BCUT2D eigenvalue weighted by molar-refractivity contribution is 7.99. The third kappa shape index (κ3) is 1.72. The fraction of sp³-hybridized carbons (Fsp3) is 0. The molecule has 0 atom stereocenters. The number of thiol groups is 1. The first-order chi connectivity index (χ1) is 6.09. The van der Waals surface area contributed by atoms with Crippen LogP contribution < -0.4 is 5.32 Å². The first kappa shape index (κ1) is 11.0. The largest absolute Gasteiger partial charge is 0.412 e. The van der Waals surface area contributed by atoms with Crippen LogP contribution in [0.25, 0.3) is 0 Å². The first-order valence-corrected chi connectivity index (χ1v) is 5.23. The summed E-state index contributed by atoms with van der Waals surface area (Å²) in [6.07, 6.45) is 2.75. The molecule has 0 fully saturated rings. The average Bonchev–Trinajstić information content (AvgIpc) is 2.02. The van der Waals surface area contributed by atoms with Crippen molar-refractivity contribution in [2.45, 2.75) is 4.90 Å². The second kappa shape index (κ2) is 3.56. The van der Waals surface area contributed by atoms with E-state index in [0.717, 1.165) is 0 Å². The van der Waals surface area contributed by atoms with Gasteiger partial charge in [0, 0.05) is 12.4 Å². The van der Waals surface area contributed by atoms with Crippen molar-refractivity contribution in [2.24, 2.45) is 4.40 Å². The zero-order chi connectivity index (χ0) is 9.47. The first-order valence-electron chi connectivity index (χ1n) is 3.34. The highest BCUT2D eigenvalue weighted by atomic mass is 32.2. The SMILES string of the molecule is O.O=S1(=O)N=C(S)Nc2ccncc21. The van der Waals surface area contributed by atoms with E-state index in [1.54, 1.807) is 6.07 Å². The summed E-state index contributed by atoms with van der Waals surface area (Å²) < 4.78 is 26.1. The summed E-state index contributed by atoms with van der Waals surface area (Å²) in [6.45, 7) is 0. The lowest BCUT2D eigenvalue weighted by Crippen LogP contribution is -2.16. The molecule has 0 unspecified atom stereocenters. The normalized spacial score (nSPS) is 17.1. The number of aromatic nitrogens is 1. The van der Waals surface area contributed by atoms with E-state index < -0.39 is 10.0 Å². The molecule has 2 heterocycles. The minimum atomic E-state index is -3.60. The summed E-state index contributed by atoms with van der Waals surface area (Å²) in [7, 11) is -3.60. The van der Waals surface area contributed by atoms with Crippen molar-refractivity contribution >= 4 is 33.5 Å². The molecule has 0 radical (unpaired) electrons. The molecule has 1 aromatic rings. The smallest absolute Gasteiger partial charge is 0.288 e. The molecule has 8 heteroatoms. The number of anilines is 1. The van der Waals surface area contributed by atoms with Crippen LogP contribution in [0.5, 0.6) is 0 Å². The summed E-state index contributed by atoms with van der Waals surface area (Å²) in [4.78, 5) is 3.78. The molecule has 14 heavy (non-hydrogen) atoms. The lowest BCUT2D eigenvalue weighted by atomic mass is 10.4. The lowest BCUT2D eigenvalue weighted by molar-refractivity contribution is 0.597. The quantitative estimate of drug-likeness (QED) is 0.598. The van der Waals surface area contributed by atoms with Gasteiger partial charge in [-0.3, -0.25) is 4.98 Å². The Bertz CT molecular complexity index is 483. The van der Waals surface area contributed by atoms with Gasteiger partial charge in [-0.05, 0) is 6.07 Å². The monoisotopic (exact) mass is 233 g/mol. The van der Waals surface area contributed by atoms with Crippen LogP contribution in [0.2, 0.25) is 0 Å². The van der Waals surface area contributed by atoms with E-state index in [2.05, 4.69) is 27.3 Å². The van der Waals surface area contributed by atoms with Crippen LogP contribution in [-0.2, 0) is 10.0 Å². The molecule has 1 aliphatic rings. The zero-order valence-corrected chi connectivity index (χ0v) is 8.51. The molecule has 76 valence electrons. The molecule has 1 aromatic heterocycles. The van der Waals surface area contributed by atoms with Crippen molar-refractivity contribution in [3.63, 3.8) is 0 Å². The van der Waals surface area contributed by atoms with E-state index in [0.29, 0.717) is 5.69 Å². The van der Waals surface area contributed by atoms with E-state index in [-0.39, 0.29) is 15.5 Å². The number of fused-ring (bicyclic) bond motifs is 1. The fourth-order valence-corrected chi connectivity index (χ4v) is 2.40. The van der Waals surface area contributed by atoms with Crippen LogP contribution in [-0.4, -0.2) is 24.0 Å². The molecule has 3 N–H and O–H groups in total. The van der Waals surface area contributed by atoms with E-state index in [4.69, 9.17) is 0 Å². The van der Waals surface area contributed by atoms with Crippen molar-refractivity contribution < 1.29 is 13.9 Å². The summed E-state index contributed by atoms with van der Waals surface area (Å²) in [5.41, 5.74) is 0.454.